The van der Waals surface area contributed by atoms with Crippen LogP contribution in [-0.4, -0.2) is 19.6 Å². The van der Waals surface area contributed by atoms with E-state index in [9.17, 15) is 18.0 Å². The predicted molar refractivity (Wildman–Crippen MR) is 106 cm³/mol. The minimum absolute atomic E-state index is 0.0129. The maximum Gasteiger partial charge on any atom is 0.350 e. The third-order valence-corrected chi connectivity index (χ3v) is 4.72. The van der Waals surface area contributed by atoms with E-state index in [1.165, 1.54) is 0 Å². The average Bonchev–Trinajstić information content (AvgIpc) is 3.10. The lowest BCUT2D eigenvalue weighted by Crippen LogP contribution is -2.19. The third-order valence-electron chi connectivity index (χ3n) is 4.51. The van der Waals surface area contributed by atoms with E-state index in [-0.39, 0.29) is 34.2 Å². The zero-order chi connectivity index (χ0) is 21.4. The molecule has 0 aliphatic heterocycles. The molecule has 2 heterocycles. The van der Waals surface area contributed by atoms with Crippen molar-refractivity contribution >= 4 is 18.3 Å². The summed E-state index contributed by atoms with van der Waals surface area (Å²) in [4.78, 5) is 18.8. The molecule has 30 heavy (non-hydrogen) atoms. The number of rotatable bonds is 5. The Bertz CT molecular complexity index is 1270. The first-order valence-corrected chi connectivity index (χ1v) is 9.32. The Morgan fingerprint density at radius 2 is 1.83 bits per heavy atom. The highest BCUT2D eigenvalue weighted by Crippen LogP contribution is 2.34. The van der Waals surface area contributed by atoms with Crippen molar-refractivity contribution in [1.82, 2.24) is 19.6 Å². The van der Waals surface area contributed by atoms with E-state index in [4.69, 9.17) is 4.74 Å². The minimum Gasteiger partial charge on any atom is -0.367 e. The van der Waals surface area contributed by atoms with Crippen LogP contribution >= 0.6 is 12.6 Å². The highest BCUT2D eigenvalue weighted by molar-refractivity contribution is 7.80. The quantitative estimate of drug-likeness (QED) is 0.368. The van der Waals surface area contributed by atoms with Gasteiger partial charge in [-0.05, 0) is 30.2 Å². The molecule has 0 bridgehead atoms. The smallest absolute Gasteiger partial charge is 0.350 e. The molecule has 10 heteroatoms. The molecule has 6 nitrogen and oxygen atoms in total. The number of hydrogen-bond donors (Lipinski definition) is 2. The summed E-state index contributed by atoms with van der Waals surface area (Å²) in [5.41, 5.74) is 0.609. The highest BCUT2D eigenvalue weighted by atomic mass is 32.1. The zero-order valence-electron chi connectivity index (χ0n) is 15.6. The van der Waals surface area contributed by atoms with Gasteiger partial charge < -0.3 is 4.74 Å². The van der Waals surface area contributed by atoms with Crippen molar-refractivity contribution in [2.24, 2.45) is 0 Å². The molecule has 0 aliphatic rings. The number of nitrogens with one attached hydrogen (secondary N) is 1. The topological polar surface area (TPSA) is 72.3 Å². The SMILES string of the molecule is CC(OCc1ccccc1)c1nn2c(=O)[nH]c(S)nc2c1-c1cc(F)c(F)c(F)c1. The third kappa shape index (κ3) is 3.71. The van der Waals surface area contributed by atoms with Gasteiger partial charge in [0.1, 0.15) is 5.69 Å². The van der Waals surface area contributed by atoms with Crippen molar-refractivity contribution < 1.29 is 17.9 Å². The average molecular weight is 432 g/mol. The van der Waals surface area contributed by atoms with Crippen molar-refractivity contribution in [2.45, 2.75) is 24.8 Å². The second-order valence-corrected chi connectivity index (χ2v) is 6.98. The molecule has 0 fully saturated rings. The number of fused-ring (bicyclic) bond motifs is 1. The van der Waals surface area contributed by atoms with Crippen LogP contribution in [-0.2, 0) is 11.3 Å². The van der Waals surface area contributed by atoms with E-state index in [1.54, 1.807) is 6.92 Å². The molecule has 1 atom stereocenters. The fourth-order valence-corrected chi connectivity index (χ4v) is 3.27. The van der Waals surface area contributed by atoms with Gasteiger partial charge in [-0.3, -0.25) is 4.98 Å². The fraction of sp³-hybridized carbons (Fsp3) is 0.150. The van der Waals surface area contributed by atoms with Crippen molar-refractivity contribution in [3.63, 3.8) is 0 Å². The molecule has 1 N–H and O–H groups in total. The molecule has 0 amide bonds. The number of aromatic nitrogens is 4. The fourth-order valence-electron chi connectivity index (χ4n) is 3.08. The molecule has 0 saturated carbocycles. The monoisotopic (exact) mass is 432 g/mol. The number of aromatic amines is 1. The molecule has 0 aliphatic carbocycles. The van der Waals surface area contributed by atoms with E-state index >= 15 is 0 Å². The molecule has 4 aromatic rings. The van der Waals surface area contributed by atoms with Crippen molar-refractivity contribution in [3.05, 3.63) is 81.7 Å². The Morgan fingerprint density at radius 1 is 1.17 bits per heavy atom. The standard InChI is InChI=1S/C20H15F3N4O2S/c1-10(29-9-11-5-3-2-4-6-11)17-15(12-7-13(21)16(23)14(22)8-12)18-24-19(30)25-20(28)27(18)26-17/h2-8,10H,9H2,1H3,(H2,24,25,28,30). The molecule has 2 aromatic heterocycles. The number of thiol groups is 1. The summed E-state index contributed by atoms with van der Waals surface area (Å²) in [5.74, 6) is -4.33. The number of nitrogens with zero attached hydrogens (tertiary/aromatic N) is 3. The van der Waals surface area contributed by atoms with Crippen LogP contribution in [0.4, 0.5) is 13.2 Å². The molecule has 154 valence electrons. The van der Waals surface area contributed by atoms with Crippen molar-refractivity contribution in [1.29, 1.82) is 0 Å². The van der Waals surface area contributed by atoms with Crippen molar-refractivity contribution in [3.8, 4) is 11.1 Å². The Kier molecular flexibility index (Phi) is 5.35. The van der Waals surface area contributed by atoms with Crippen LogP contribution in [0.25, 0.3) is 16.8 Å². The Hall–Kier alpha value is -3.11. The minimum atomic E-state index is -1.59. The van der Waals surface area contributed by atoms with Gasteiger partial charge in [0.2, 0.25) is 0 Å². The molecular formula is C20H15F3N4O2S. The Labute approximate surface area is 173 Å². The summed E-state index contributed by atoms with van der Waals surface area (Å²) in [7, 11) is 0. The summed E-state index contributed by atoms with van der Waals surface area (Å²) in [6.07, 6.45) is -0.680. The lowest BCUT2D eigenvalue weighted by atomic mass is 10.0. The molecule has 0 spiro atoms. The van der Waals surface area contributed by atoms with Gasteiger partial charge in [-0.25, -0.2) is 22.9 Å². The Balaban J connectivity index is 1.85. The maximum atomic E-state index is 13.9. The first kappa shape index (κ1) is 20.2. The first-order chi connectivity index (χ1) is 14.3. The summed E-state index contributed by atoms with van der Waals surface area (Å²) < 4.78 is 48.1. The van der Waals surface area contributed by atoms with E-state index in [2.05, 4.69) is 27.7 Å². The number of halogens is 3. The second kappa shape index (κ2) is 7.96. The van der Waals surface area contributed by atoms with Crippen LogP contribution in [0.3, 0.4) is 0 Å². The molecular weight excluding hydrogens is 417 g/mol. The molecule has 4 rings (SSSR count). The van der Waals surface area contributed by atoms with Gasteiger partial charge in [0, 0.05) is 0 Å². The molecule has 1 unspecified atom stereocenters. The van der Waals surface area contributed by atoms with Gasteiger partial charge in [-0.15, -0.1) is 12.6 Å². The predicted octanol–water partition coefficient (Wildman–Crippen LogP) is 4.07. The van der Waals surface area contributed by atoms with E-state index in [0.717, 1.165) is 22.2 Å². The van der Waals surface area contributed by atoms with Crippen LogP contribution < -0.4 is 5.69 Å². The normalized spacial score (nSPS) is 12.4. The first-order valence-electron chi connectivity index (χ1n) is 8.87. The number of ether oxygens (including phenoxy) is 1. The lowest BCUT2D eigenvalue weighted by Gasteiger charge is -2.13. The van der Waals surface area contributed by atoms with Crippen LogP contribution in [0.2, 0.25) is 0 Å². The number of H-pyrrole nitrogens is 1. The van der Waals surface area contributed by atoms with Gasteiger partial charge in [-0.1, -0.05) is 30.3 Å². The molecule has 2 aromatic carbocycles. The van der Waals surface area contributed by atoms with Gasteiger partial charge >= 0.3 is 5.69 Å². The van der Waals surface area contributed by atoms with Crippen molar-refractivity contribution in [2.75, 3.05) is 0 Å². The summed E-state index contributed by atoms with van der Waals surface area (Å²) in [6.45, 7) is 1.92. The van der Waals surface area contributed by atoms with E-state index in [0.29, 0.717) is 0 Å². The largest absolute Gasteiger partial charge is 0.367 e. The highest BCUT2D eigenvalue weighted by Gasteiger charge is 2.25. The zero-order valence-corrected chi connectivity index (χ0v) is 16.5. The van der Waals surface area contributed by atoms with Gasteiger partial charge in [0.05, 0.1) is 18.3 Å². The maximum absolute atomic E-state index is 13.9. The van der Waals surface area contributed by atoms with Crippen LogP contribution in [0.5, 0.6) is 0 Å². The van der Waals surface area contributed by atoms with Gasteiger partial charge in [-0.2, -0.15) is 9.61 Å². The summed E-state index contributed by atoms with van der Waals surface area (Å²) in [6, 6.07) is 11.0. The van der Waals surface area contributed by atoms with Gasteiger partial charge in [0.25, 0.3) is 0 Å². The van der Waals surface area contributed by atoms with Gasteiger partial charge in [0.15, 0.2) is 28.3 Å². The van der Waals surface area contributed by atoms with E-state index < -0.39 is 29.2 Å². The number of benzene rings is 2. The number of hydrogen-bond acceptors (Lipinski definition) is 5. The van der Waals surface area contributed by atoms with Crippen LogP contribution in [0, 0.1) is 17.5 Å². The molecule has 0 saturated heterocycles. The summed E-state index contributed by atoms with van der Waals surface area (Å²) >= 11 is 4.05. The molecule has 0 radical (unpaired) electrons. The van der Waals surface area contributed by atoms with Crippen LogP contribution in [0.15, 0.2) is 52.4 Å². The second-order valence-electron chi connectivity index (χ2n) is 6.55. The van der Waals surface area contributed by atoms with Crippen LogP contribution in [0.1, 0.15) is 24.3 Å². The van der Waals surface area contributed by atoms with E-state index in [1.807, 2.05) is 30.3 Å². The Morgan fingerprint density at radius 3 is 2.50 bits per heavy atom. The summed E-state index contributed by atoms with van der Waals surface area (Å²) in [5, 5.41) is 4.22. The lowest BCUT2D eigenvalue weighted by molar-refractivity contribution is 0.0499.